The van der Waals surface area contributed by atoms with Gasteiger partial charge in [0, 0.05) is 23.2 Å². The van der Waals surface area contributed by atoms with Crippen LogP contribution in [0.2, 0.25) is 5.02 Å². The summed E-state index contributed by atoms with van der Waals surface area (Å²) in [5.41, 5.74) is 3.10. The summed E-state index contributed by atoms with van der Waals surface area (Å²) in [6, 6.07) is 18.1. The lowest BCUT2D eigenvalue weighted by Gasteiger charge is -2.05. The molecule has 0 bridgehead atoms. The van der Waals surface area contributed by atoms with Crippen molar-refractivity contribution < 1.29 is 9.32 Å². The third-order valence-electron chi connectivity index (χ3n) is 4.56. The lowest BCUT2D eigenvalue weighted by Crippen LogP contribution is -2.24. The van der Waals surface area contributed by atoms with Crippen LogP contribution in [0.1, 0.15) is 27.6 Å². The number of aromatic nitrogens is 4. The number of rotatable bonds is 6. The zero-order valence-corrected chi connectivity index (χ0v) is 17.3. The third kappa shape index (κ3) is 4.87. The second-order valence-corrected chi connectivity index (χ2v) is 7.28. The van der Waals surface area contributed by atoms with E-state index in [-0.39, 0.29) is 30.4 Å². The predicted molar refractivity (Wildman–Crippen MR) is 115 cm³/mol. The highest BCUT2D eigenvalue weighted by atomic mass is 35.5. The quantitative estimate of drug-likeness (QED) is 0.498. The van der Waals surface area contributed by atoms with E-state index >= 15 is 0 Å². The van der Waals surface area contributed by atoms with Crippen LogP contribution in [0.15, 0.2) is 70.0 Å². The first kappa shape index (κ1) is 20.5. The van der Waals surface area contributed by atoms with Crippen LogP contribution in [0, 0.1) is 6.92 Å². The molecule has 4 rings (SSSR count). The van der Waals surface area contributed by atoms with E-state index in [1.807, 2.05) is 43.3 Å². The number of amides is 1. The van der Waals surface area contributed by atoms with Crippen molar-refractivity contribution in [3.8, 4) is 11.3 Å². The summed E-state index contributed by atoms with van der Waals surface area (Å²) in [5.74, 6) is -0.573. The Kier molecular flexibility index (Phi) is 5.90. The molecule has 8 nitrogen and oxygen atoms in total. The molecular formula is C22H18ClN5O3. The number of hydrogen-bond acceptors (Lipinski definition) is 6. The molecule has 0 aliphatic heterocycles. The van der Waals surface area contributed by atoms with Gasteiger partial charge in [-0.05, 0) is 24.6 Å². The number of hydrogen-bond donors (Lipinski definition) is 1. The first-order valence-electron chi connectivity index (χ1n) is 9.49. The Labute approximate surface area is 182 Å². The fourth-order valence-corrected chi connectivity index (χ4v) is 3.08. The predicted octanol–water partition coefficient (Wildman–Crippen LogP) is 3.23. The van der Waals surface area contributed by atoms with Gasteiger partial charge in [-0.2, -0.15) is 10.1 Å². The van der Waals surface area contributed by atoms with E-state index < -0.39 is 5.91 Å². The Morgan fingerprint density at radius 1 is 1.10 bits per heavy atom. The molecule has 0 aliphatic carbocycles. The second-order valence-electron chi connectivity index (χ2n) is 6.87. The Morgan fingerprint density at radius 3 is 2.65 bits per heavy atom. The minimum absolute atomic E-state index is 0.0279. The number of aryl methyl sites for hydroxylation is 1. The molecule has 0 unspecified atom stereocenters. The molecule has 0 fully saturated rings. The van der Waals surface area contributed by atoms with Gasteiger partial charge in [0.1, 0.15) is 6.54 Å². The topological polar surface area (TPSA) is 103 Å². The zero-order chi connectivity index (χ0) is 21.8. The molecule has 0 radical (unpaired) electrons. The highest BCUT2D eigenvalue weighted by Crippen LogP contribution is 2.16. The fraction of sp³-hybridized carbons (Fsp3) is 0.136. The summed E-state index contributed by atoms with van der Waals surface area (Å²) < 4.78 is 6.26. The highest BCUT2D eigenvalue weighted by Gasteiger charge is 2.16. The number of nitrogens with one attached hydrogen (secondary N) is 1. The van der Waals surface area contributed by atoms with Gasteiger partial charge in [-0.1, -0.05) is 64.8 Å². The van der Waals surface area contributed by atoms with E-state index in [0.717, 1.165) is 16.7 Å². The Hall–Kier alpha value is -3.78. The second kappa shape index (κ2) is 8.93. The van der Waals surface area contributed by atoms with Gasteiger partial charge in [-0.15, -0.1) is 0 Å². The minimum Gasteiger partial charge on any atom is -0.344 e. The molecule has 156 valence electrons. The van der Waals surface area contributed by atoms with Crippen LogP contribution in [-0.2, 0) is 13.1 Å². The van der Waals surface area contributed by atoms with Crippen molar-refractivity contribution in [2.75, 3.05) is 0 Å². The Balaban J connectivity index is 1.46. The van der Waals surface area contributed by atoms with Crippen LogP contribution in [0.3, 0.4) is 0 Å². The van der Waals surface area contributed by atoms with Crippen molar-refractivity contribution in [3.05, 3.63) is 98.9 Å². The molecule has 0 atom stereocenters. The Morgan fingerprint density at radius 2 is 1.87 bits per heavy atom. The SMILES string of the molecule is Cc1ccc(-c2ccc(=O)n(Cc3noc(C(=O)NCc4ccccc4Cl)n3)n2)cc1. The van der Waals surface area contributed by atoms with Gasteiger partial charge in [-0.3, -0.25) is 9.59 Å². The Bertz CT molecular complexity index is 1280. The molecule has 0 spiro atoms. The maximum Gasteiger partial charge on any atom is 0.316 e. The van der Waals surface area contributed by atoms with Gasteiger partial charge >= 0.3 is 11.8 Å². The lowest BCUT2D eigenvalue weighted by molar-refractivity contribution is 0.0907. The smallest absolute Gasteiger partial charge is 0.316 e. The van der Waals surface area contributed by atoms with E-state index in [9.17, 15) is 9.59 Å². The monoisotopic (exact) mass is 435 g/mol. The van der Waals surface area contributed by atoms with E-state index in [4.69, 9.17) is 16.1 Å². The zero-order valence-electron chi connectivity index (χ0n) is 16.6. The van der Waals surface area contributed by atoms with Gasteiger partial charge in [-0.25, -0.2) is 4.68 Å². The highest BCUT2D eigenvalue weighted by molar-refractivity contribution is 6.31. The van der Waals surface area contributed by atoms with Gasteiger partial charge in [0.25, 0.3) is 5.56 Å². The maximum atomic E-state index is 12.3. The van der Waals surface area contributed by atoms with Gasteiger partial charge in [0.15, 0.2) is 5.82 Å². The first-order valence-corrected chi connectivity index (χ1v) is 9.87. The normalized spacial score (nSPS) is 10.8. The molecule has 2 heterocycles. The average molecular weight is 436 g/mol. The van der Waals surface area contributed by atoms with Gasteiger partial charge in [0.05, 0.1) is 5.69 Å². The number of nitrogens with zero attached hydrogens (tertiary/aromatic N) is 4. The summed E-state index contributed by atoms with van der Waals surface area (Å²) in [6.45, 7) is 2.19. The van der Waals surface area contributed by atoms with Crippen molar-refractivity contribution in [1.82, 2.24) is 25.2 Å². The van der Waals surface area contributed by atoms with Crippen LogP contribution in [-0.4, -0.2) is 25.8 Å². The van der Waals surface area contributed by atoms with E-state index in [1.165, 1.54) is 10.7 Å². The molecule has 2 aromatic carbocycles. The summed E-state index contributed by atoms with van der Waals surface area (Å²) in [5, 5.41) is 11.4. The van der Waals surface area contributed by atoms with E-state index in [0.29, 0.717) is 10.7 Å². The third-order valence-corrected chi connectivity index (χ3v) is 4.93. The minimum atomic E-state index is -0.535. The molecule has 0 saturated heterocycles. The molecule has 4 aromatic rings. The standard InChI is InChI=1S/C22H18ClN5O3/c1-14-6-8-15(9-7-14)18-10-11-20(29)28(26-18)13-19-25-22(31-27-19)21(30)24-12-16-4-2-3-5-17(16)23/h2-11H,12-13H2,1H3,(H,24,30). The van der Waals surface area contributed by atoms with E-state index in [1.54, 1.807) is 18.2 Å². The van der Waals surface area contributed by atoms with Gasteiger partial charge < -0.3 is 9.84 Å². The molecular weight excluding hydrogens is 418 g/mol. The van der Waals surface area contributed by atoms with Crippen LogP contribution in [0.4, 0.5) is 0 Å². The van der Waals surface area contributed by atoms with Crippen molar-refractivity contribution in [3.63, 3.8) is 0 Å². The molecule has 0 aliphatic rings. The average Bonchev–Trinajstić information content (AvgIpc) is 3.24. The molecule has 0 saturated carbocycles. The maximum absolute atomic E-state index is 12.3. The van der Waals surface area contributed by atoms with Crippen molar-refractivity contribution >= 4 is 17.5 Å². The molecule has 9 heteroatoms. The summed E-state index contributed by atoms with van der Waals surface area (Å²) >= 11 is 6.09. The number of carbonyl (C=O) groups is 1. The summed E-state index contributed by atoms with van der Waals surface area (Å²) in [7, 11) is 0. The van der Waals surface area contributed by atoms with Gasteiger partial charge in [0.2, 0.25) is 0 Å². The summed E-state index contributed by atoms with van der Waals surface area (Å²) in [6.07, 6.45) is 0. The van der Waals surface area contributed by atoms with Crippen LogP contribution in [0.25, 0.3) is 11.3 Å². The first-order chi connectivity index (χ1) is 15.0. The van der Waals surface area contributed by atoms with Crippen LogP contribution < -0.4 is 10.9 Å². The molecule has 2 aromatic heterocycles. The number of carbonyl (C=O) groups excluding carboxylic acids is 1. The molecule has 1 N–H and O–H groups in total. The number of halogens is 1. The van der Waals surface area contributed by atoms with Crippen molar-refractivity contribution in [2.24, 2.45) is 0 Å². The summed E-state index contributed by atoms with van der Waals surface area (Å²) in [4.78, 5) is 28.6. The molecule has 1 amide bonds. The van der Waals surface area contributed by atoms with Crippen LogP contribution >= 0.6 is 11.6 Å². The van der Waals surface area contributed by atoms with E-state index in [2.05, 4.69) is 20.6 Å². The van der Waals surface area contributed by atoms with Crippen molar-refractivity contribution in [2.45, 2.75) is 20.0 Å². The molecule has 31 heavy (non-hydrogen) atoms. The fourth-order valence-electron chi connectivity index (χ4n) is 2.88. The number of benzene rings is 2. The van der Waals surface area contributed by atoms with Crippen LogP contribution in [0.5, 0.6) is 0 Å². The lowest BCUT2D eigenvalue weighted by atomic mass is 10.1. The van der Waals surface area contributed by atoms with Crippen molar-refractivity contribution in [1.29, 1.82) is 0 Å². The largest absolute Gasteiger partial charge is 0.344 e.